The number of carbonyl (C=O) groups is 1. The molecular weight excluding hydrogens is 273 g/mol. The van der Waals surface area contributed by atoms with Gasteiger partial charge in [0.25, 0.3) is 5.91 Å². The SMILES string of the molecule is Cc1c(C(=O)NCCC(C)O)cnn1-c1ccc(F)cc1. The fourth-order valence-electron chi connectivity index (χ4n) is 1.96. The average molecular weight is 291 g/mol. The summed E-state index contributed by atoms with van der Waals surface area (Å²) in [6, 6.07) is 5.90. The van der Waals surface area contributed by atoms with Crippen molar-refractivity contribution in [1.29, 1.82) is 0 Å². The summed E-state index contributed by atoms with van der Waals surface area (Å²) in [5.41, 5.74) is 1.83. The molecular formula is C15H18FN3O2. The van der Waals surface area contributed by atoms with Gasteiger partial charge < -0.3 is 10.4 Å². The van der Waals surface area contributed by atoms with Crippen molar-refractivity contribution in [2.75, 3.05) is 6.54 Å². The van der Waals surface area contributed by atoms with E-state index in [1.54, 1.807) is 30.7 Å². The molecule has 6 heteroatoms. The Balaban J connectivity index is 2.13. The molecule has 1 aromatic carbocycles. The van der Waals surface area contributed by atoms with Crippen LogP contribution in [-0.4, -0.2) is 33.4 Å². The molecule has 21 heavy (non-hydrogen) atoms. The molecule has 1 unspecified atom stereocenters. The number of rotatable bonds is 5. The molecule has 1 heterocycles. The molecule has 0 fully saturated rings. The number of nitrogens with one attached hydrogen (secondary N) is 1. The topological polar surface area (TPSA) is 67.2 Å². The van der Waals surface area contributed by atoms with E-state index < -0.39 is 6.10 Å². The second kappa shape index (κ2) is 6.49. The first-order chi connectivity index (χ1) is 9.99. The Hall–Kier alpha value is -2.21. The van der Waals surface area contributed by atoms with Crippen molar-refractivity contribution >= 4 is 5.91 Å². The number of aliphatic hydroxyl groups excluding tert-OH is 1. The van der Waals surface area contributed by atoms with Crippen molar-refractivity contribution < 1.29 is 14.3 Å². The van der Waals surface area contributed by atoms with E-state index in [2.05, 4.69) is 10.4 Å². The number of amides is 1. The van der Waals surface area contributed by atoms with E-state index in [9.17, 15) is 9.18 Å². The minimum Gasteiger partial charge on any atom is -0.393 e. The third-order valence-corrected chi connectivity index (χ3v) is 3.17. The van der Waals surface area contributed by atoms with Crippen LogP contribution >= 0.6 is 0 Å². The van der Waals surface area contributed by atoms with Crippen LogP contribution in [0.15, 0.2) is 30.5 Å². The number of halogens is 1. The normalized spacial score (nSPS) is 12.2. The Morgan fingerprint density at radius 3 is 2.71 bits per heavy atom. The van der Waals surface area contributed by atoms with Gasteiger partial charge in [-0.3, -0.25) is 4.79 Å². The van der Waals surface area contributed by atoms with E-state index >= 15 is 0 Å². The summed E-state index contributed by atoms with van der Waals surface area (Å²) in [5, 5.41) is 16.1. The Morgan fingerprint density at radius 2 is 2.10 bits per heavy atom. The average Bonchev–Trinajstić information content (AvgIpc) is 2.81. The van der Waals surface area contributed by atoms with Crippen LogP contribution in [0.5, 0.6) is 0 Å². The lowest BCUT2D eigenvalue weighted by molar-refractivity contribution is 0.0945. The van der Waals surface area contributed by atoms with E-state index in [1.807, 2.05) is 0 Å². The minimum atomic E-state index is -0.451. The van der Waals surface area contributed by atoms with E-state index in [-0.39, 0.29) is 11.7 Å². The summed E-state index contributed by atoms with van der Waals surface area (Å²) in [6.45, 7) is 3.85. The van der Waals surface area contributed by atoms with Gasteiger partial charge in [-0.05, 0) is 44.5 Å². The standard InChI is InChI=1S/C15H18FN3O2/c1-10(20)7-8-17-15(21)14-9-18-19(11(14)2)13-5-3-12(16)4-6-13/h3-6,9-10,20H,7-8H2,1-2H3,(H,17,21). The van der Waals surface area contributed by atoms with Crippen LogP contribution in [0.4, 0.5) is 4.39 Å². The maximum Gasteiger partial charge on any atom is 0.254 e. The third kappa shape index (κ3) is 3.66. The van der Waals surface area contributed by atoms with Gasteiger partial charge in [-0.1, -0.05) is 0 Å². The van der Waals surface area contributed by atoms with E-state index in [4.69, 9.17) is 5.11 Å². The Morgan fingerprint density at radius 1 is 1.43 bits per heavy atom. The monoisotopic (exact) mass is 291 g/mol. The molecule has 1 amide bonds. The van der Waals surface area contributed by atoms with Crippen LogP contribution in [0.1, 0.15) is 29.4 Å². The summed E-state index contributed by atoms with van der Waals surface area (Å²) < 4.78 is 14.5. The molecule has 0 aliphatic carbocycles. The number of carbonyl (C=O) groups excluding carboxylic acids is 1. The molecule has 0 saturated heterocycles. The molecule has 0 radical (unpaired) electrons. The number of hydrogen-bond donors (Lipinski definition) is 2. The van der Waals surface area contributed by atoms with Gasteiger partial charge in [0.15, 0.2) is 0 Å². The van der Waals surface area contributed by atoms with Gasteiger partial charge in [-0.25, -0.2) is 9.07 Å². The Labute approximate surface area is 122 Å². The summed E-state index contributed by atoms with van der Waals surface area (Å²) in [4.78, 5) is 12.0. The molecule has 112 valence electrons. The predicted octanol–water partition coefficient (Wildman–Crippen LogP) is 1.82. The van der Waals surface area contributed by atoms with Crippen molar-refractivity contribution in [3.8, 4) is 5.69 Å². The van der Waals surface area contributed by atoms with Crippen molar-refractivity contribution in [2.24, 2.45) is 0 Å². The lowest BCUT2D eigenvalue weighted by Gasteiger charge is -2.07. The fourth-order valence-corrected chi connectivity index (χ4v) is 1.96. The smallest absolute Gasteiger partial charge is 0.254 e. The van der Waals surface area contributed by atoms with Crippen LogP contribution < -0.4 is 5.32 Å². The van der Waals surface area contributed by atoms with Gasteiger partial charge >= 0.3 is 0 Å². The van der Waals surface area contributed by atoms with Crippen LogP contribution in [-0.2, 0) is 0 Å². The van der Waals surface area contributed by atoms with Gasteiger partial charge in [0.1, 0.15) is 5.82 Å². The van der Waals surface area contributed by atoms with Gasteiger partial charge in [0, 0.05) is 6.54 Å². The predicted molar refractivity (Wildman–Crippen MR) is 76.9 cm³/mol. The number of benzene rings is 1. The Bertz CT molecular complexity index is 620. The first-order valence-corrected chi connectivity index (χ1v) is 6.76. The summed E-state index contributed by atoms with van der Waals surface area (Å²) in [5.74, 6) is -0.554. The van der Waals surface area contributed by atoms with E-state index in [0.29, 0.717) is 29.9 Å². The molecule has 5 nitrogen and oxygen atoms in total. The molecule has 0 aliphatic rings. The van der Waals surface area contributed by atoms with Crippen molar-refractivity contribution in [3.05, 3.63) is 47.5 Å². The molecule has 2 N–H and O–H groups in total. The van der Waals surface area contributed by atoms with E-state index in [1.165, 1.54) is 18.3 Å². The highest BCUT2D eigenvalue weighted by Crippen LogP contribution is 2.14. The zero-order chi connectivity index (χ0) is 15.4. The van der Waals surface area contributed by atoms with Gasteiger partial charge in [-0.2, -0.15) is 5.10 Å². The number of hydrogen-bond acceptors (Lipinski definition) is 3. The second-order valence-corrected chi connectivity index (χ2v) is 4.93. The molecule has 1 aromatic heterocycles. The molecule has 2 aromatic rings. The van der Waals surface area contributed by atoms with Crippen molar-refractivity contribution in [3.63, 3.8) is 0 Å². The quantitative estimate of drug-likeness (QED) is 0.883. The summed E-state index contributed by atoms with van der Waals surface area (Å²) in [7, 11) is 0. The van der Waals surface area contributed by atoms with Gasteiger partial charge in [0.2, 0.25) is 0 Å². The Kier molecular flexibility index (Phi) is 4.70. The number of nitrogens with zero attached hydrogens (tertiary/aromatic N) is 2. The first-order valence-electron chi connectivity index (χ1n) is 6.76. The van der Waals surface area contributed by atoms with E-state index in [0.717, 1.165) is 0 Å². The maximum atomic E-state index is 12.9. The first kappa shape index (κ1) is 15.2. The van der Waals surface area contributed by atoms with Crippen LogP contribution in [0, 0.1) is 12.7 Å². The molecule has 0 spiro atoms. The fraction of sp³-hybridized carbons (Fsp3) is 0.333. The highest BCUT2D eigenvalue weighted by molar-refractivity contribution is 5.95. The third-order valence-electron chi connectivity index (χ3n) is 3.17. The molecule has 0 saturated carbocycles. The van der Waals surface area contributed by atoms with Crippen LogP contribution in [0.2, 0.25) is 0 Å². The number of aromatic nitrogens is 2. The number of aliphatic hydroxyl groups is 1. The molecule has 1 atom stereocenters. The molecule has 2 rings (SSSR count). The maximum absolute atomic E-state index is 12.9. The van der Waals surface area contributed by atoms with Gasteiger partial charge in [0.05, 0.1) is 29.2 Å². The largest absolute Gasteiger partial charge is 0.393 e. The minimum absolute atomic E-state index is 0.235. The second-order valence-electron chi connectivity index (χ2n) is 4.93. The highest BCUT2D eigenvalue weighted by atomic mass is 19.1. The summed E-state index contributed by atoms with van der Waals surface area (Å²) in [6.07, 6.45) is 1.53. The molecule has 0 bridgehead atoms. The van der Waals surface area contributed by atoms with Crippen LogP contribution in [0.3, 0.4) is 0 Å². The zero-order valence-corrected chi connectivity index (χ0v) is 12.0. The molecule has 0 aliphatic heterocycles. The van der Waals surface area contributed by atoms with Crippen LogP contribution in [0.25, 0.3) is 5.69 Å². The zero-order valence-electron chi connectivity index (χ0n) is 12.0. The highest BCUT2D eigenvalue weighted by Gasteiger charge is 2.14. The lowest BCUT2D eigenvalue weighted by Crippen LogP contribution is -2.26. The lowest BCUT2D eigenvalue weighted by atomic mass is 10.2. The van der Waals surface area contributed by atoms with Crippen molar-refractivity contribution in [1.82, 2.24) is 15.1 Å². The van der Waals surface area contributed by atoms with Crippen molar-refractivity contribution in [2.45, 2.75) is 26.4 Å². The summed E-state index contributed by atoms with van der Waals surface area (Å²) >= 11 is 0. The van der Waals surface area contributed by atoms with Gasteiger partial charge in [-0.15, -0.1) is 0 Å².